The van der Waals surface area contributed by atoms with E-state index in [0.717, 1.165) is 21.0 Å². The predicted octanol–water partition coefficient (Wildman–Crippen LogP) is -0.896. The van der Waals surface area contributed by atoms with Gasteiger partial charge in [0.25, 0.3) is 10.1 Å². The molecule has 55 heavy (non-hydrogen) atoms. The molecular formula is C31H51NO21S2. The Morgan fingerprint density at radius 1 is 0.782 bits per heavy atom. The molecule has 2 heterocycles. The average Bonchev–Trinajstić information content (AvgIpc) is 2.98. The van der Waals surface area contributed by atoms with Gasteiger partial charge in [0.05, 0.1) is 16.2 Å². The van der Waals surface area contributed by atoms with E-state index < -0.39 is 131 Å². The van der Waals surface area contributed by atoms with Gasteiger partial charge in [0.1, 0.15) is 12.1 Å². The Balaban J connectivity index is 3.16. The topological polar surface area (TPSA) is 331 Å². The Bertz CT molecular complexity index is 1710. The number of rotatable bonds is 11. The van der Waals surface area contributed by atoms with Gasteiger partial charge in [0.15, 0.2) is 36.8 Å². The van der Waals surface area contributed by atoms with Crippen LogP contribution in [-0.4, -0.2) is 143 Å². The average molecular weight is 838 g/mol. The number of amides is 1. The molecule has 0 bridgehead atoms. The first-order valence-corrected chi connectivity index (χ1v) is 19.4. The van der Waals surface area contributed by atoms with Gasteiger partial charge in [-0.25, -0.2) is 4.79 Å². The maximum absolute atomic E-state index is 13.6. The zero-order chi connectivity index (χ0) is 43.2. The van der Waals surface area contributed by atoms with Crippen molar-refractivity contribution in [3.05, 3.63) is 0 Å². The van der Waals surface area contributed by atoms with E-state index in [1.807, 2.05) is 0 Å². The SMILES string of the molecule is CO[C@H]1O[C@H](C(O)S(=O)(=O)O)[C@](O)(S(=O)(=O)O)[C@H](O[C@]2(C)O[C@H](C(=O)O)[C@@H](OC(=O)C(C)(C)C)[C@H](OC(=O)C(C)(C)C)[C@H]2OC(=O)C(C)(C)C)[C@H]1NC(C)=O. The number of aliphatic carboxylic acids is 1. The van der Waals surface area contributed by atoms with Crippen LogP contribution in [0.15, 0.2) is 0 Å². The van der Waals surface area contributed by atoms with Crippen molar-refractivity contribution in [1.29, 1.82) is 0 Å². The van der Waals surface area contributed by atoms with Gasteiger partial charge in [-0.1, -0.05) is 0 Å². The monoisotopic (exact) mass is 837 g/mol. The molecule has 0 spiro atoms. The number of hydrogen-bond donors (Lipinski definition) is 6. The third-order valence-electron chi connectivity index (χ3n) is 8.26. The number of carboxylic acids is 1. The molecule has 1 unspecified atom stereocenters. The van der Waals surface area contributed by atoms with E-state index in [0.29, 0.717) is 0 Å². The third kappa shape index (κ3) is 10.5. The lowest BCUT2D eigenvalue weighted by atomic mass is 9.88. The zero-order valence-electron chi connectivity index (χ0n) is 32.3. The van der Waals surface area contributed by atoms with Gasteiger partial charge in [-0.15, -0.1) is 0 Å². The second-order valence-corrected chi connectivity index (χ2v) is 19.4. The standard InChI is InChI=1S/C31H51NO21S2/c1-13(33)32-14-18(31(40,55(44,45)46)20(50-23(14)47-12)22(36)54(41,42)43)53-30(11)19(51-26(39)29(8,9)10)16(49-25(38)28(5,6)7)15(17(52-30)21(34)35)48-24(37)27(2,3)4/h14-20,22-23,36,40H,1-12H3,(H,32,33)(H,34,35)(H,41,42,43)(H,44,45,46)/t14-,15+,16+,17+,18-,19-,20-,22?,23+,30+,31-/m1/s1. The fourth-order valence-corrected chi connectivity index (χ4v) is 6.88. The number of carbonyl (C=O) groups excluding carboxylic acids is 4. The number of nitrogens with one attached hydrogen (secondary N) is 1. The molecule has 24 heteroatoms. The molecule has 0 aromatic rings. The van der Waals surface area contributed by atoms with E-state index >= 15 is 0 Å². The Labute approximate surface area is 317 Å². The van der Waals surface area contributed by atoms with Gasteiger partial charge < -0.3 is 53.8 Å². The lowest BCUT2D eigenvalue weighted by molar-refractivity contribution is -0.389. The van der Waals surface area contributed by atoms with E-state index in [-0.39, 0.29) is 0 Å². The maximum Gasteiger partial charge on any atom is 0.337 e. The summed E-state index contributed by atoms with van der Waals surface area (Å²) in [6, 6.07) is -2.20. The van der Waals surface area contributed by atoms with Crippen molar-refractivity contribution >= 4 is 50.0 Å². The summed E-state index contributed by atoms with van der Waals surface area (Å²) in [4.78, 5) is 61.4. The van der Waals surface area contributed by atoms with E-state index in [1.54, 1.807) is 0 Å². The van der Waals surface area contributed by atoms with Gasteiger partial charge in [0, 0.05) is 14.0 Å². The fraction of sp³-hybridized carbons (Fsp3) is 0.839. The van der Waals surface area contributed by atoms with Gasteiger partial charge in [0.2, 0.25) is 22.1 Å². The second-order valence-electron chi connectivity index (χ2n) is 16.3. The Morgan fingerprint density at radius 3 is 1.58 bits per heavy atom. The number of esters is 3. The van der Waals surface area contributed by atoms with E-state index in [9.17, 15) is 65.2 Å². The Morgan fingerprint density at radius 2 is 1.22 bits per heavy atom. The smallest absolute Gasteiger partial charge is 0.337 e. The third-order valence-corrected chi connectivity index (χ3v) is 10.4. The molecule has 2 fully saturated rings. The number of aliphatic hydroxyl groups is 2. The molecule has 2 saturated heterocycles. The summed E-state index contributed by atoms with van der Waals surface area (Å²) in [5.41, 5.74) is -7.57. The molecule has 0 aromatic carbocycles. The van der Waals surface area contributed by atoms with E-state index in [4.69, 9.17) is 33.2 Å². The largest absolute Gasteiger partial charge is 0.479 e. The van der Waals surface area contributed by atoms with Crippen molar-refractivity contribution in [2.24, 2.45) is 16.2 Å². The van der Waals surface area contributed by atoms with Crippen molar-refractivity contribution in [2.75, 3.05) is 7.11 Å². The van der Waals surface area contributed by atoms with Gasteiger partial charge in [-0.2, -0.15) is 16.8 Å². The highest BCUT2D eigenvalue weighted by molar-refractivity contribution is 7.87. The van der Waals surface area contributed by atoms with Gasteiger partial charge in [-0.3, -0.25) is 28.3 Å². The van der Waals surface area contributed by atoms with Crippen LogP contribution in [0.5, 0.6) is 0 Å². The van der Waals surface area contributed by atoms with Crippen molar-refractivity contribution < 1.29 is 98.4 Å². The van der Waals surface area contributed by atoms with Crippen LogP contribution in [0, 0.1) is 16.2 Å². The molecule has 318 valence electrons. The molecule has 6 N–H and O–H groups in total. The van der Waals surface area contributed by atoms with Crippen LogP contribution < -0.4 is 5.32 Å². The van der Waals surface area contributed by atoms with E-state index in [2.05, 4.69) is 5.32 Å². The summed E-state index contributed by atoms with van der Waals surface area (Å²) >= 11 is 0. The summed E-state index contributed by atoms with van der Waals surface area (Å²) in [5.74, 6) is -9.38. The molecule has 11 atom stereocenters. The first kappa shape index (κ1) is 48.1. The minimum Gasteiger partial charge on any atom is -0.479 e. The predicted molar refractivity (Wildman–Crippen MR) is 181 cm³/mol. The summed E-state index contributed by atoms with van der Waals surface area (Å²) < 4.78 is 110. The van der Waals surface area contributed by atoms with Crippen molar-refractivity contribution in [2.45, 2.75) is 141 Å². The highest BCUT2D eigenvalue weighted by Crippen LogP contribution is 2.45. The van der Waals surface area contributed by atoms with Crippen molar-refractivity contribution in [3.8, 4) is 0 Å². The zero-order valence-corrected chi connectivity index (χ0v) is 33.9. The number of hydrogen-bond acceptors (Lipinski definition) is 18. The fourth-order valence-electron chi connectivity index (χ4n) is 5.24. The Hall–Kier alpha value is -3.07. The van der Waals surface area contributed by atoms with Gasteiger partial charge in [-0.05, 0) is 69.2 Å². The first-order chi connectivity index (χ1) is 24.4. The minimum atomic E-state index is -6.27. The number of carboxylic acid groups (broad SMARTS) is 1. The van der Waals surface area contributed by atoms with Crippen molar-refractivity contribution in [1.82, 2.24) is 5.32 Å². The minimum absolute atomic E-state index is 0.782. The summed E-state index contributed by atoms with van der Waals surface area (Å²) in [7, 11) is -11.2. The number of methoxy groups -OCH3 is 1. The molecule has 2 aliphatic rings. The molecule has 1 amide bonds. The normalized spacial score (nSPS) is 32.8. The van der Waals surface area contributed by atoms with Crippen LogP contribution in [0.3, 0.4) is 0 Å². The number of aliphatic hydroxyl groups excluding tert-OH is 1. The Kier molecular flexibility index (Phi) is 14.0. The quantitative estimate of drug-likeness (QED) is 0.0834. The molecule has 0 aromatic heterocycles. The summed E-state index contributed by atoms with van der Waals surface area (Å²) in [5, 5.41) is 35.0. The highest BCUT2D eigenvalue weighted by atomic mass is 32.2. The van der Waals surface area contributed by atoms with Crippen LogP contribution in [-0.2, 0) is 77.4 Å². The molecule has 0 aliphatic carbocycles. The van der Waals surface area contributed by atoms with Gasteiger partial charge >= 0.3 is 34.0 Å². The van der Waals surface area contributed by atoms with E-state index in [1.165, 1.54) is 62.3 Å². The lowest BCUT2D eigenvalue weighted by Crippen LogP contribution is -2.78. The molecule has 2 rings (SSSR count). The molecule has 2 aliphatic heterocycles. The molecule has 0 radical (unpaired) electrons. The summed E-state index contributed by atoms with van der Waals surface area (Å²) in [6.45, 7) is 14.0. The molecular weight excluding hydrogens is 786 g/mol. The second kappa shape index (κ2) is 16.1. The summed E-state index contributed by atoms with van der Waals surface area (Å²) in [6.07, 6.45) is -17.4. The number of ether oxygens (including phenoxy) is 7. The van der Waals surface area contributed by atoms with Crippen LogP contribution >= 0.6 is 0 Å². The lowest BCUT2D eigenvalue weighted by Gasteiger charge is -2.55. The first-order valence-electron chi connectivity index (χ1n) is 16.5. The number of carbonyl (C=O) groups is 5. The van der Waals surface area contributed by atoms with Crippen LogP contribution in [0.1, 0.15) is 76.2 Å². The maximum atomic E-state index is 13.6. The highest BCUT2D eigenvalue weighted by Gasteiger charge is 2.71. The van der Waals surface area contributed by atoms with Crippen LogP contribution in [0.2, 0.25) is 0 Å². The molecule has 22 nitrogen and oxygen atoms in total. The van der Waals surface area contributed by atoms with Crippen LogP contribution in [0.4, 0.5) is 0 Å². The van der Waals surface area contributed by atoms with Crippen LogP contribution in [0.25, 0.3) is 0 Å². The van der Waals surface area contributed by atoms with Crippen molar-refractivity contribution in [3.63, 3.8) is 0 Å². The molecule has 0 saturated carbocycles.